The Morgan fingerprint density at radius 1 is 1.28 bits per heavy atom. The SMILES string of the molecule is Cc1nc(NCC2Cc3ccccc32)ccc1Br. The van der Waals surface area contributed by atoms with Crippen LogP contribution in [0.3, 0.4) is 0 Å². The van der Waals surface area contributed by atoms with Gasteiger partial charge in [-0.15, -0.1) is 0 Å². The van der Waals surface area contributed by atoms with Crippen LogP contribution in [-0.4, -0.2) is 11.5 Å². The molecule has 18 heavy (non-hydrogen) atoms. The Morgan fingerprint density at radius 2 is 2.11 bits per heavy atom. The number of rotatable bonds is 3. The summed E-state index contributed by atoms with van der Waals surface area (Å²) in [5.41, 5.74) is 4.00. The third kappa shape index (κ3) is 2.15. The highest BCUT2D eigenvalue weighted by molar-refractivity contribution is 9.10. The summed E-state index contributed by atoms with van der Waals surface area (Å²) in [6.45, 7) is 2.97. The standard InChI is InChI=1S/C15H15BrN2/c1-10-14(16)6-7-15(18-10)17-9-12-8-11-4-2-3-5-13(11)12/h2-7,12H,8-9H2,1H3,(H,17,18). The largest absolute Gasteiger partial charge is 0.369 e. The minimum atomic E-state index is 0.631. The molecule has 1 heterocycles. The van der Waals surface area contributed by atoms with E-state index in [1.54, 1.807) is 0 Å². The lowest BCUT2D eigenvalue weighted by Gasteiger charge is -2.30. The maximum Gasteiger partial charge on any atom is 0.126 e. The smallest absolute Gasteiger partial charge is 0.126 e. The summed E-state index contributed by atoms with van der Waals surface area (Å²) in [6.07, 6.45) is 1.18. The zero-order chi connectivity index (χ0) is 12.5. The van der Waals surface area contributed by atoms with Crippen LogP contribution in [0.5, 0.6) is 0 Å². The summed E-state index contributed by atoms with van der Waals surface area (Å²) < 4.78 is 1.06. The van der Waals surface area contributed by atoms with Gasteiger partial charge in [-0.25, -0.2) is 4.98 Å². The molecular formula is C15H15BrN2. The van der Waals surface area contributed by atoms with Crippen molar-refractivity contribution in [2.45, 2.75) is 19.3 Å². The number of fused-ring (bicyclic) bond motifs is 1. The van der Waals surface area contributed by atoms with E-state index in [-0.39, 0.29) is 0 Å². The second kappa shape index (κ2) is 4.73. The lowest BCUT2D eigenvalue weighted by molar-refractivity contribution is 0.634. The second-order valence-corrected chi connectivity index (χ2v) is 5.60. The summed E-state index contributed by atoms with van der Waals surface area (Å²) in [4.78, 5) is 4.50. The quantitative estimate of drug-likeness (QED) is 0.930. The Bertz CT molecular complexity index is 580. The number of nitrogens with one attached hydrogen (secondary N) is 1. The van der Waals surface area contributed by atoms with Crippen molar-refractivity contribution in [3.05, 3.63) is 57.7 Å². The van der Waals surface area contributed by atoms with E-state index in [1.807, 2.05) is 19.1 Å². The van der Waals surface area contributed by atoms with Crippen LogP contribution in [-0.2, 0) is 6.42 Å². The van der Waals surface area contributed by atoms with Crippen LogP contribution in [0.4, 0.5) is 5.82 Å². The van der Waals surface area contributed by atoms with E-state index in [9.17, 15) is 0 Å². The van der Waals surface area contributed by atoms with Gasteiger partial charge >= 0.3 is 0 Å². The highest BCUT2D eigenvalue weighted by atomic mass is 79.9. The Kier molecular flexibility index (Phi) is 3.08. The van der Waals surface area contributed by atoms with Crippen LogP contribution in [0.1, 0.15) is 22.7 Å². The van der Waals surface area contributed by atoms with E-state index in [1.165, 1.54) is 17.5 Å². The van der Waals surface area contributed by atoms with E-state index in [0.717, 1.165) is 22.5 Å². The number of halogens is 1. The van der Waals surface area contributed by atoms with Crippen molar-refractivity contribution in [3.63, 3.8) is 0 Å². The highest BCUT2D eigenvalue weighted by Gasteiger charge is 2.24. The van der Waals surface area contributed by atoms with Crippen molar-refractivity contribution in [1.82, 2.24) is 4.98 Å². The van der Waals surface area contributed by atoms with Crippen LogP contribution >= 0.6 is 15.9 Å². The number of nitrogens with zero attached hydrogens (tertiary/aromatic N) is 1. The van der Waals surface area contributed by atoms with Crippen molar-refractivity contribution < 1.29 is 0 Å². The molecule has 0 saturated heterocycles. The molecule has 3 rings (SSSR count). The predicted molar refractivity (Wildman–Crippen MR) is 78.1 cm³/mol. The molecule has 0 saturated carbocycles. The lowest BCUT2D eigenvalue weighted by atomic mass is 9.77. The minimum absolute atomic E-state index is 0.631. The number of pyridine rings is 1. The molecule has 3 heteroatoms. The van der Waals surface area contributed by atoms with Gasteiger partial charge in [0.25, 0.3) is 0 Å². The minimum Gasteiger partial charge on any atom is -0.369 e. The molecular weight excluding hydrogens is 288 g/mol. The van der Waals surface area contributed by atoms with Crippen LogP contribution in [0, 0.1) is 6.92 Å². The molecule has 1 N–H and O–H groups in total. The molecule has 1 aliphatic carbocycles. The van der Waals surface area contributed by atoms with Gasteiger partial charge in [0.05, 0.1) is 5.69 Å². The maximum atomic E-state index is 4.50. The summed E-state index contributed by atoms with van der Waals surface area (Å²) in [5, 5.41) is 3.42. The molecule has 0 aliphatic heterocycles. The topological polar surface area (TPSA) is 24.9 Å². The molecule has 1 atom stereocenters. The number of benzene rings is 1. The average Bonchev–Trinajstić information content (AvgIpc) is 2.35. The van der Waals surface area contributed by atoms with Crippen molar-refractivity contribution in [2.75, 3.05) is 11.9 Å². The van der Waals surface area contributed by atoms with Crippen LogP contribution < -0.4 is 5.32 Å². The molecule has 0 amide bonds. The van der Waals surface area contributed by atoms with Gasteiger partial charge in [0.15, 0.2) is 0 Å². The fourth-order valence-corrected chi connectivity index (χ4v) is 2.64. The molecule has 0 spiro atoms. The van der Waals surface area contributed by atoms with E-state index in [2.05, 4.69) is 50.5 Å². The maximum absolute atomic E-state index is 4.50. The molecule has 1 aromatic heterocycles. The normalized spacial score (nSPS) is 16.9. The predicted octanol–water partition coefficient (Wildman–Crippen LogP) is 3.90. The Morgan fingerprint density at radius 3 is 2.89 bits per heavy atom. The van der Waals surface area contributed by atoms with Gasteiger partial charge in [0, 0.05) is 16.9 Å². The summed E-state index contributed by atoms with van der Waals surface area (Å²) >= 11 is 3.47. The first-order valence-electron chi connectivity index (χ1n) is 6.19. The van der Waals surface area contributed by atoms with Crippen molar-refractivity contribution >= 4 is 21.7 Å². The van der Waals surface area contributed by atoms with Gasteiger partial charge in [-0.2, -0.15) is 0 Å². The molecule has 2 aromatic rings. The van der Waals surface area contributed by atoms with E-state index < -0.39 is 0 Å². The van der Waals surface area contributed by atoms with Gasteiger partial charge in [-0.1, -0.05) is 24.3 Å². The van der Waals surface area contributed by atoms with Crippen molar-refractivity contribution in [1.29, 1.82) is 0 Å². The van der Waals surface area contributed by atoms with Crippen LogP contribution in [0.25, 0.3) is 0 Å². The summed E-state index contributed by atoms with van der Waals surface area (Å²) in [6, 6.07) is 12.7. The molecule has 1 aliphatic rings. The first-order chi connectivity index (χ1) is 8.74. The third-order valence-electron chi connectivity index (χ3n) is 3.51. The van der Waals surface area contributed by atoms with E-state index in [4.69, 9.17) is 0 Å². The Labute approximate surface area is 116 Å². The monoisotopic (exact) mass is 302 g/mol. The van der Waals surface area contributed by atoms with Crippen LogP contribution in [0.2, 0.25) is 0 Å². The number of hydrogen-bond donors (Lipinski definition) is 1. The zero-order valence-corrected chi connectivity index (χ0v) is 11.9. The molecule has 1 unspecified atom stereocenters. The first-order valence-corrected chi connectivity index (χ1v) is 6.98. The number of aromatic nitrogens is 1. The van der Waals surface area contributed by atoms with Gasteiger partial charge in [0.2, 0.25) is 0 Å². The molecule has 0 bridgehead atoms. The van der Waals surface area contributed by atoms with Gasteiger partial charge in [0.1, 0.15) is 5.82 Å². The zero-order valence-electron chi connectivity index (χ0n) is 10.3. The highest BCUT2D eigenvalue weighted by Crippen LogP contribution is 2.34. The number of hydrogen-bond acceptors (Lipinski definition) is 2. The summed E-state index contributed by atoms with van der Waals surface area (Å²) in [7, 11) is 0. The fraction of sp³-hybridized carbons (Fsp3) is 0.267. The molecule has 0 fully saturated rings. The van der Waals surface area contributed by atoms with Crippen LogP contribution in [0.15, 0.2) is 40.9 Å². The van der Waals surface area contributed by atoms with E-state index in [0.29, 0.717) is 5.92 Å². The van der Waals surface area contributed by atoms with Crippen molar-refractivity contribution in [2.24, 2.45) is 0 Å². The molecule has 2 nitrogen and oxygen atoms in total. The lowest BCUT2D eigenvalue weighted by Crippen LogP contribution is -2.24. The number of anilines is 1. The number of aryl methyl sites for hydroxylation is 1. The van der Waals surface area contributed by atoms with Gasteiger partial charge < -0.3 is 5.32 Å². The Hall–Kier alpha value is -1.35. The third-order valence-corrected chi connectivity index (χ3v) is 4.35. The van der Waals surface area contributed by atoms with Gasteiger partial charge in [-0.3, -0.25) is 0 Å². The first kappa shape index (κ1) is 11.7. The van der Waals surface area contributed by atoms with Gasteiger partial charge in [-0.05, 0) is 52.5 Å². The summed E-state index contributed by atoms with van der Waals surface area (Å²) in [5.74, 6) is 1.59. The Balaban J connectivity index is 1.65. The van der Waals surface area contributed by atoms with Crippen molar-refractivity contribution in [3.8, 4) is 0 Å². The van der Waals surface area contributed by atoms with E-state index >= 15 is 0 Å². The second-order valence-electron chi connectivity index (χ2n) is 4.74. The molecule has 92 valence electrons. The molecule has 0 radical (unpaired) electrons. The molecule has 1 aromatic carbocycles. The fourth-order valence-electron chi connectivity index (χ4n) is 2.42. The average molecular weight is 303 g/mol.